The smallest absolute Gasteiger partial charge is 0.349 e. The van der Waals surface area contributed by atoms with Gasteiger partial charge in [0, 0.05) is 41.0 Å². The molecule has 0 saturated carbocycles. The number of nitrogens with zero attached hydrogens (tertiary/aromatic N) is 2. The predicted octanol–water partition coefficient (Wildman–Crippen LogP) is 6.97. The number of carbonyl (C=O) groups is 4. The number of imide groups is 1. The summed E-state index contributed by atoms with van der Waals surface area (Å²) in [6.07, 6.45) is 4.45. The molecule has 0 fully saturated rings. The van der Waals surface area contributed by atoms with Crippen LogP contribution in [0.15, 0.2) is 52.6 Å². The maximum Gasteiger partial charge on any atom is 0.349 e. The number of ether oxygens (including phenoxy) is 1. The van der Waals surface area contributed by atoms with Gasteiger partial charge >= 0.3 is 12.0 Å². The summed E-state index contributed by atoms with van der Waals surface area (Å²) in [6.45, 7) is 3.79. The molecule has 212 valence electrons. The van der Waals surface area contributed by atoms with Crippen molar-refractivity contribution < 1.29 is 23.9 Å². The molecule has 1 heterocycles. The summed E-state index contributed by atoms with van der Waals surface area (Å²) >= 11 is 18.0. The number of amides is 4. The number of esters is 1. The number of anilines is 2. The van der Waals surface area contributed by atoms with E-state index >= 15 is 0 Å². The van der Waals surface area contributed by atoms with E-state index in [0.717, 1.165) is 18.4 Å². The number of halogens is 3. The quantitative estimate of drug-likeness (QED) is 0.225. The largest absolute Gasteiger partial charge is 0.462 e. The highest BCUT2D eigenvalue weighted by atomic mass is 35.5. The van der Waals surface area contributed by atoms with Crippen LogP contribution in [-0.2, 0) is 19.1 Å². The molecule has 11 heteroatoms. The second-order valence-electron chi connectivity index (χ2n) is 9.32. The van der Waals surface area contributed by atoms with Crippen LogP contribution in [-0.4, -0.2) is 49.4 Å². The van der Waals surface area contributed by atoms with Crippen molar-refractivity contribution in [1.82, 2.24) is 4.90 Å². The Balaban J connectivity index is 0.000000267. The number of urea groups is 1. The molecule has 0 radical (unpaired) electrons. The third-order valence-electron chi connectivity index (χ3n) is 6.21. The van der Waals surface area contributed by atoms with E-state index in [0.29, 0.717) is 51.0 Å². The zero-order chi connectivity index (χ0) is 29.6. The van der Waals surface area contributed by atoms with Crippen molar-refractivity contribution in [3.8, 4) is 0 Å². The summed E-state index contributed by atoms with van der Waals surface area (Å²) in [7, 11) is 3.37. The van der Waals surface area contributed by atoms with Gasteiger partial charge in [-0.05, 0) is 87.1 Å². The van der Waals surface area contributed by atoms with Gasteiger partial charge in [0.15, 0.2) is 0 Å². The summed E-state index contributed by atoms with van der Waals surface area (Å²) in [4.78, 5) is 50.9. The molecule has 0 spiro atoms. The molecule has 0 atom stereocenters. The van der Waals surface area contributed by atoms with Crippen molar-refractivity contribution in [1.29, 1.82) is 0 Å². The molecule has 1 N–H and O–H groups in total. The van der Waals surface area contributed by atoms with Crippen LogP contribution >= 0.6 is 34.8 Å². The molecular formula is C29H30Cl3N3O5. The number of aryl methyl sites for hydroxylation is 1. The average Bonchev–Trinajstić information content (AvgIpc) is 3.17. The lowest BCUT2D eigenvalue weighted by molar-refractivity contribution is -0.137. The summed E-state index contributed by atoms with van der Waals surface area (Å²) < 4.78 is 4.84. The standard InChI is InChI=1S/C19H17Cl2NO4.C10H13ClN2O/c1-2-26-19(25)16(21)10-11-9-12(7-8-15(11)20)22-17(23)13-5-3-4-6-14(13)18(22)24;1-7-4-5-8(6-9(7)11)12-10(14)13(2)3/h7-10H,2-6H2,1H3;4-6H,1-3H3,(H,12,14)/b16-10-;. The number of carbonyl (C=O) groups excluding carboxylic acids is 4. The Morgan fingerprint density at radius 1 is 1.00 bits per heavy atom. The van der Waals surface area contributed by atoms with E-state index in [9.17, 15) is 19.2 Å². The molecule has 8 nitrogen and oxygen atoms in total. The van der Waals surface area contributed by atoms with E-state index < -0.39 is 5.97 Å². The predicted molar refractivity (Wildman–Crippen MR) is 159 cm³/mol. The van der Waals surface area contributed by atoms with Gasteiger partial charge < -0.3 is 15.0 Å². The molecule has 2 aliphatic rings. The van der Waals surface area contributed by atoms with E-state index in [1.807, 2.05) is 19.1 Å². The van der Waals surface area contributed by atoms with Gasteiger partial charge in [-0.15, -0.1) is 0 Å². The monoisotopic (exact) mass is 605 g/mol. The number of rotatable bonds is 5. The van der Waals surface area contributed by atoms with Crippen molar-refractivity contribution in [2.24, 2.45) is 0 Å². The third kappa shape index (κ3) is 7.44. The fourth-order valence-electron chi connectivity index (χ4n) is 4.06. The fourth-order valence-corrected chi connectivity index (χ4v) is 4.58. The van der Waals surface area contributed by atoms with Gasteiger partial charge in [0.25, 0.3) is 11.8 Å². The maximum absolute atomic E-state index is 12.7. The number of benzene rings is 2. The van der Waals surface area contributed by atoms with Crippen LogP contribution in [0.1, 0.15) is 43.7 Å². The molecule has 2 aromatic carbocycles. The first-order valence-corrected chi connectivity index (χ1v) is 13.8. The zero-order valence-corrected chi connectivity index (χ0v) is 24.9. The van der Waals surface area contributed by atoms with E-state index in [1.54, 1.807) is 45.3 Å². The minimum atomic E-state index is -0.666. The molecule has 4 rings (SSSR count). The molecular weight excluding hydrogens is 577 g/mol. The normalized spacial score (nSPS) is 14.9. The summed E-state index contributed by atoms with van der Waals surface area (Å²) in [5, 5.41) is 3.57. The van der Waals surface area contributed by atoms with Crippen LogP contribution in [0, 0.1) is 6.92 Å². The van der Waals surface area contributed by atoms with Gasteiger partial charge in [-0.25, -0.2) is 14.5 Å². The Morgan fingerprint density at radius 3 is 2.17 bits per heavy atom. The van der Waals surface area contributed by atoms with E-state index in [2.05, 4.69) is 5.32 Å². The lowest BCUT2D eigenvalue weighted by Crippen LogP contribution is -2.31. The fraction of sp³-hybridized carbons (Fsp3) is 0.310. The van der Waals surface area contributed by atoms with Gasteiger partial charge in [0.1, 0.15) is 5.03 Å². The van der Waals surface area contributed by atoms with E-state index in [1.165, 1.54) is 15.9 Å². The molecule has 40 heavy (non-hydrogen) atoms. The number of nitrogens with one attached hydrogen (secondary N) is 1. The van der Waals surface area contributed by atoms with E-state index in [-0.39, 0.29) is 29.5 Å². The van der Waals surface area contributed by atoms with Gasteiger partial charge in [0.05, 0.1) is 12.3 Å². The first kappa shape index (κ1) is 31.2. The summed E-state index contributed by atoms with van der Waals surface area (Å²) in [5.41, 5.74) is 3.75. The highest BCUT2D eigenvalue weighted by Crippen LogP contribution is 2.37. The molecule has 1 aliphatic heterocycles. The Labute approximate surface area is 248 Å². The highest BCUT2D eigenvalue weighted by molar-refractivity contribution is 6.43. The van der Waals surface area contributed by atoms with Gasteiger partial charge in [-0.3, -0.25) is 9.59 Å². The van der Waals surface area contributed by atoms with Crippen LogP contribution in [0.4, 0.5) is 16.2 Å². The number of hydrogen-bond donors (Lipinski definition) is 1. The zero-order valence-electron chi connectivity index (χ0n) is 22.6. The molecule has 0 aromatic heterocycles. The van der Waals surface area contributed by atoms with Crippen molar-refractivity contribution in [3.05, 3.63) is 73.7 Å². The van der Waals surface area contributed by atoms with Crippen molar-refractivity contribution in [3.63, 3.8) is 0 Å². The molecule has 0 bridgehead atoms. The molecule has 0 unspecified atom stereocenters. The highest BCUT2D eigenvalue weighted by Gasteiger charge is 2.39. The van der Waals surface area contributed by atoms with E-state index in [4.69, 9.17) is 39.5 Å². The van der Waals surface area contributed by atoms with Crippen molar-refractivity contribution in [2.45, 2.75) is 39.5 Å². The maximum atomic E-state index is 12.7. The Bertz CT molecular complexity index is 1370. The number of hydrogen-bond acceptors (Lipinski definition) is 5. The Morgan fingerprint density at radius 2 is 1.62 bits per heavy atom. The molecule has 1 aliphatic carbocycles. The van der Waals surface area contributed by atoms with Gasteiger partial charge in [-0.2, -0.15) is 0 Å². The SMILES string of the molecule is CCOC(=O)/C(Cl)=C/c1cc(N2C(=O)C3=C(CCCC3)C2=O)ccc1Cl.Cc1ccc(NC(=O)N(C)C)cc1Cl. The van der Waals surface area contributed by atoms with Gasteiger partial charge in [0.2, 0.25) is 0 Å². The van der Waals surface area contributed by atoms with Gasteiger partial charge in [-0.1, -0.05) is 40.9 Å². The molecule has 0 saturated heterocycles. The third-order valence-corrected chi connectivity index (χ3v) is 7.22. The van der Waals surface area contributed by atoms with Crippen molar-refractivity contribution >= 4 is 76.1 Å². The van der Waals surface area contributed by atoms with Crippen LogP contribution in [0.2, 0.25) is 10.0 Å². The minimum absolute atomic E-state index is 0.137. The second-order valence-corrected chi connectivity index (χ2v) is 10.5. The first-order chi connectivity index (χ1) is 18.9. The topological polar surface area (TPSA) is 96.0 Å². The minimum Gasteiger partial charge on any atom is -0.462 e. The van der Waals surface area contributed by atoms with Crippen LogP contribution in [0.25, 0.3) is 6.08 Å². The Kier molecular flexibility index (Phi) is 10.8. The second kappa shape index (κ2) is 13.8. The van der Waals surface area contributed by atoms with Crippen LogP contribution in [0.3, 0.4) is 0 Å². The summed E-state index contributed by atoms with van der Waals surface area (Å²) in [5.74, 6) is -1.22. The van der Waals surface area contributed by atoms with Crippen molar-refractivity contribution in [2.75, 3.05) is 30.9 Å². The van der Waals surface area contributed by atoms with Crippen LogP contribution < -0.4 is 10.2 Å². The lowest BCUT2D eigenvalue weighted by atomic mass is 9.93. The average molecular weight is 607 g/mol. The summed E-state index contributed by atoms with van der Waals surface area (Å²) in [6, 6.07) is 10.00. The lowest BCUT2D eigenvalue weighted by Gasteiger charge is -2.16. The first-order valence-electron chi connectivity index (χ1n) is 12.6. The van der Waals surface area contributed by atoms with Crippen LogP contribution in [0.5, 0.6) is 0 Å². The molecule has 2 aromatic rings. The Hall–Kier alpha value is -3.33. The molecule has 4 amide bonds.